The normalized spacial score (nSPS) is 11.8. The second-order valence-electron chi connectivity index (χ2n) is 3.42. The minimum absolute atomic E-state index is 0.447. The predicted molar refractivity (Wildman–Crippen MR) is 80.2 cm³/mol. The molecule has 0 bridgehead atoms. The molecule has 4 N–H and O–H groups in total. The highest BCUT2D eigenvalue weighted by molar-refractivity contribution is 9.11. The molecule has 0 aliphatic rings. The maximum absolute atomic E-state index is 11.6. The van der Waals surface area contributed by atoms with E-state index in [4.69, 9.17) is 10.2 Å². The fraction of sp³-hybridized carbons (Fsp3) is 0.200. The van der Waals surface area contributed by atoms with E-state index < -0.39 is 24.6 Å². The Hall–Kier alpha value is -0.640. The highest BCUT2D eigenvalue weighted by atomic mass is 79.9. The van der Waals surface area contributed by atoms with Gasteiger partial charge < -0.3 is 20.8 Å². The van der Waals surface area contributed by atoms with Gasteiger partial charge in [0.15, 0.2) is 6.04 Å². The summed E-state index contributed by atoms with van der Waals surface area (Å²) in [5.41, 5.74) is 0.447. The van der Waals surface area contributed by atoms with Crippen molar-refractivity contribution in [1.29, 1.82) is 0 Å². The largest absolute Gasteiger partial charge is 0.480 e. The molecule has 0 unspecified atom stereocenters. The van der Waals surface area contributed by atoms with Crippen LogP contribution in [0.3, 0.4) is 0 Å². The molecule has 0 saturated heterocycles. The lowest BCUT2D eigenvalue weighted by Crippen LogP contribution is -2.45. The van der Waals surface area contributed by atoms with Crippen molar-refractivity contribution >= 4 is 65.5 Å². The molecular formula is C10H9Br3N2O4. The molecule has 0 aliphatic heterocycles. The lowest BCUT2D eigenvalue weighted by Gasteiger charge is -2.14. The molecule has 19 heavy (non-hydrogen) atoms. The number of aliphatic carboxylic acids is 1. The van der Waals surface area contributed by atoms with E-state index in [1.807, 2.05) is 0 Å². The van der Waals surface area contributed by atoms with Crippen LogP contribution in [-0.4, -0.2) is 34.9 Å². The van der Waals surface area contributed by atoms with Crippen molar-refractivity contribution in [3.8, 4) is 0 Å². The monoisotopic (exact) mass is 458 g/mol. The smallest absolute Gasteiger partial charge is 0.328 e. The molecular weight excluding hydrogens is 452 g/mol. The van der Waals surface area contributed by atoms with Crippen molar-refractivity contribution < 1.29 is 19.8 Å². The Morgan fingerprint density at radius 2 is 1.74 bits per heavy atom. The number of carboxylic acids is 1. The molecule has 6 nitrogen and oxygen atoms in total. The van der Waals surface area contributed by atoms with Gasteiger partial charge in [0.1, 0.15) is 0 Å². The number of carboxylic acid groups (broad SMARTS) is 1. The van der Waals surface area contributed by atoms with Crippen molar-refractivity contribution in [3.63, 3.8) is 0 Å². The summed E-state index contributed by atoms with van der Waals surface area (Å²) in [6, 6.07) is 1.36. The fourth-order valence-electron chi connectivity index (χ4n) is 1.15. The van der Waals surface area contributed by atoms with Crippen LogP contribution >= 0.6 is 47.8 Å². The number of hydrogen-bond donors (Lipinski definition) is 4. The van der Waals surface area contributed by atoms with Gasteiger partial charge in [-0.05, 0) is 44.0 Å². The quantitative estimate of drug-likeness (QED) is 0.555. The Morgan fingerprint density at radius 3 is 2.16 bits per heavy atom. The van der Waals surface area contributed by atoms with Crippen LogP contribution in [0.5, 0.6) is 0 Å². The van der Waals surface area contributed by atoms with Gasteiger partial charge in [0, 0.05) is 13.4 Å². The first-order valence-electron chi connectivity index (χ1n) is 4.91. The SMILES string of the molecule is O=C(Nc1c(Br)cc(Br)cc1Br)N[C@H](CO)C(=O)O. The molecule has 0 spiro atoms. The van der Waals surface area contributed by atoms with E-state index in [9.17, 15) is 9.59 Å². The van der Waals surface area contributed by atoms with E-state index in [1.165, 1.54) is 0 Å². The van der Waals surface area contributed by atoms with E-state index in [0.29, 0.717) is 14.6 Å². The zero-order valence-electron chi connectivity index (χ0n) is 9.28. The maximum atomic E-state index is 11.6. The van der Waals surface area contributed by atoms with Crippen LogP contribution in [0.2, 0.25) is 0 Å². The number of rotatable bonds is 4. The van der Waals surface area contributed by atoms with Crippen molar-refractivity contribution in [3.05, 3.63) is 25.6 Å². The average molecular weight is 461 g/mol. The minimum Gasteiger partial charge on any atom is -0.480 e. The Kier molecular flexibility index (Phi) is 6.24. The molecule has 0 saturated carbocycles. The van der Waals surface area contributed by atoms with E-state index in [2.05, 4.69) is 58.4 Å². The first-order chi connectivity index (χ1) is 8.85. The van der Waals surface area contributed by atoms with Crippen molar-refractivity contribution in [2.75, 3.05) is 11.9 Å². The van der Waals surface area contributed by atoms with Crippen LogP contribution < -0.4 is 10.6 Å². The molecule has 9 heteroatoms. The summed E-state index contributed by atoms with van der Waals surface area (Å²) in [6.45, 7) is -0.689. The number of carbonyl (C=O) groups is 2. The summed E-state index contributed by atoms with van der Waals surface area (Å²) in [4.78, 5) is 22.3. The van der Waals surface area contributed by atoms with Crippen LogP contribution in [0.1, 0.15) is 0 Å². The number of carbonyl (C=O) groups excluding carboxylic acids is 1. The molecule has 0 fully saturated rings. The Balaban J connectivity index is 2.80. The lowest BCUT2D eigenvalue weighted by atomic mass is 10.3. The third-order valence-corrected chi connectivity index (χ3v) is 3.74. The van der Waals surface area contributed by atoms with E-state index in [0.717, 1.165) is 4.47 Å². The standard InChI is InChI=1S/C10H9Br3N2O4/c11-4-1-5(12)8(6(13)2-4)15-10(19)14-7(3-16)9(17)18/h1-2,7,16H,3H2,(H,17,18)(H2,14,15,19)/t7-/m1/s1. The third kappa shape index (κ3) is 4.75. The number of urea groups is 1. The zero-order chi connectivity index (χ0) is 14.6. The molecule has 1 rings (SSSR count). The van der Waals surface area contributed by atoms with Crippen LogP contribution in [0.25, 0.3) is 0 Å². The molecule has 1 aromatic carbocycles. The van der Waals surface area contributed by atoms with Crippen molar-refractivity contribution in [2.24, 2.45) is 0 Å². The van der Waals surface area contributed by atoms with Gasteiger partial charge in [-0.2, -0.15) is 0 Å². The second kappa shape index (κ2) is 7.22. The molecule has 1 aromatic rings. The number of benzene rings is 1. The summed E-state index contributed by atoms with van der Waals surface area (Å²) in [5.74, 6) is -1.31. The van der Waals surface area contributed by atoms with E-state index >= 15 is 0 Å². The van der Waals surface area contributed by atoms with E-state index in [-0.39, 0.29) is 0 Å². The highest BCUT2D eigenvalue weighted by Gasteiger charge is 2.19. The molecule has 0 radical (unpaired) electrons. The summed E-state index contributed by atoms with van der Waals surface area (Å²) < 4.78 is 2.02. The maximum Gasteiger partial charge on any atom is 0.328 e. The van der Waals surface area contributed by atoms with Gasteiger partial charge in [-0.15, -0.1) is 0 Å². The summed E-state index contributed by atoms with van der Waals surface area (Å²) in [5, 5.41) is 22.1. The van der Waals surface area contributed by atoms with Crippen LogP contribution in [0, 0.1) is 0 Å². The number of halogens is 3. The Bertz CT molecular complexity index is 487. The summed E-state index contributed by atoms with van der Waals surface area (Å²) in [6.07, 6.45) is 0. The molecule has 1 atom stereocenters. The molecule has 2 amide bonds. The number of anilines is 1. The topological polar surface area (TPSA) is 98.7 Å². The lowest BCUT2D eigenvalue weighted by molar-refractivity contribution is -0.140. The second-order valence-corrected chi connectivity index (χ2v) is 6.04. The van der Waals surface area contributed by atoms with Crippen LogP contribution in [-0.2, 0) is 4.79 Å². The average Bonchev–Trinajstić information content (AvgIpc) is 2.30. The van der Waals surface area contributed by atoms with Gasteiger partial charge >= 0.3 is 12.0 Å². The third-order valence-electron chi connectivity index (χ3n) is 2.03. The number of hydrogen-bond acceptors (Lipinski definition) is 3. The minimum atomic E-state index is -1.35. The number of nitrogens with one attached hydrogen (secondary N) is 2. The van der Waals surface area contributed by atoms with Gasteiger partial charge in [-0.25, -0.2) is 9.59 Å². The molecule has 0 aromatic heterocycles. The summed E-state index contributed by atoms with van der Waals surface area (Å²) in [7, 11) is 0. The zero-order valence-corrected chi connectivity index (χ0v) is 14.0. The predicted octanol–water partition coefficient (Wildman–Crippen LogP) is 2.54. The van der Waals surface area contributed by atoms with Crippen LogP contribution in [0.4, 0.5) is 10.5 Å². The van der Waals surface area contributed by atoms with Gasteiger partial charge in [0.2, 0.25) is 0 Å². The van der Waals surface area contributed by atoms with Crippen molar-refractivity contribution in [1.82, 2.24) is 5.32 Å². The number of aliphatic hydroxyl groups excluding tert-OH is 1. The van der Waals surface area contributed by atoms with Gasteiger partial charge in [-0.1, -0.05) is 15.9 Å². The number of aliphatic hydroxyl groups is 1. The summed E-state index contributed by atoms with van der Waals surface area (Å²) >= 11 is 9.83. The van der Waals surface area contributed by atoms with Gasteiger partial charge in [0.25, 0.3) is 0 Å². The van der Waals surface area contributed by atoms with Crippen molar-refractivity contribution in [2.45, 2.75) is 6.04 Å². The highest BCUT2D eigenvalue weighted by Crippen LogP contribution is 2.34. The Morgan fingerprint density at radius 1 is 1.21 bits per heavy atom. The first kappa shape index (κ1) is 16.4. The molecule has 104 valence electrons. The van der Waals surface area contributed by atoms with Gasteiger partial charge in [0.05, 0.1) is 12.3 Å². The first-order valence-corrected chi connectivity index (χ1v) is 7.28. The molecule has 0 aliphatic carbocycles. The van der Waals surface area contributed by atoms with Crippen LogP contribution in [0.15, 0.2) is 25.6 Å². The van der Waals surface area contributed by atoms with Gasteiger partial charge in [-0.3, -0.25) is 0 Å². The Labute approximate surface area is 134 Å². The fourth-order valence-corrected chi connectivity index (χ4v) is 3.61. The van der Waals surface area contributed by atoms with E-state index in [1.54, 1.807) is 12.1 Å². The molecule has 0 heterocycles. The number of amides is 2.